The molecule has 0 saturated carbocycles. The van der Waals surface area contributed by atoms with Crippen LogP contribution < -0.4 is 5.32 Å². The van der Waals surface area contributed by atoms with Gasteiger partial charge in [0.25, 0.3) is 0 Å². The van der Waals surface area contributed by atoms with Crippen molar-refractivity contribution < 1.29 is 14.3 Å². The molecular weight excluding hydrogens is 230 g/mol. The Morgan fingerprint density at radius 1 is 1.39 bits per heavy atom. The zero-order valence-electron chi connectivity index (χ0n) is 10.2. The van der Waals surface area contributed by atoms with E-state index < -0.39 is 0 Å². The van der Waals surface area contributed by atoms with Crippen molar-refractivity contribution >= 4 is 17.9 Å². The summed E-state index contributed by atoms with van der Waals surface area (Å²) in [5.41, 5.74) is 1.32. The van der Waals surface area contributed by atoms with Gasteiger partial charge < -0.3 is 10.1 Å². The molecule has 1 unspecified atom stereocenters. The first-order valence-electron chi connectivity index (χ1n) is 6.24. The summed E-state index contributed by atoms with van der Waals surface area (Å²) in [6.45, 7) is 0.819. The molecule has 96 valence electrons. The minimum absolute atomic E-state index is 0.00986. The van der Waals surface area contributed by atoms with Crippen molar-refractivity contribution in [2.24, 2.45) is 0 Å². The summed E-state index contributed by atoms with van der Waals surface area (Å²) in [6.07, 6.45) is 4.43. The van der Waals surface area contributed by atoms with Crippen LogP contribution in [0, 0.1) is 0 Å². The third-order valence-electron chi connectivity index (χ3n) is 3.05. The smallest absolute Gasteiger partial charge is 0.224 e. The maximum atomic E-state index is 11.7. The number of carbonyl (C=O) groups is 2. The van der Waals surface area contributed by atoms with Crippen LogP contribution in [0.5, 0.6) is 0 Å². The number of ether oxygens (including phenoxy) is 1. The highest BCUT2D eigenvalue weighted by molar-refractivity contribution is 5.91. The van der Waals surface area contributed by atoms with E-state index in [-0.39, 0.29) is 12.0 Å². The lowest BCUT2D eigenvalue weighted by Crippen LogP contribution is -2.15. The Labute approximate surface area is 106 Å². The summed E-state index contributed by atoms with van der Waals surface area (Å²) in [4.78, 5) is 22.2. The van der Waals surface area contributed by atoms with Gasteiger partial charge in [-0.15, -0.1) is 0 Å². The molecule has 1 atom stereocenters. The van der Waals surface area contributed by atoms with Crippen LogP contribution in [0.15, 0.2) is 24.3 Å². The number of benzene rings is 1. The molecule has 1 saturated heterocycles. The average molecular weight is 247 g/mol. The van der Waals surface area contributed by atoms with E-state index in [4.69, 9.17) is 4.74 Å². The maximum Gasteiger partial charge on any atom is 0.224 e. The van der Waals surface area contributed by atoms with Gasteiger partial charge in [0.15, 0.2) is 0 Å². The molecule has 1 amide bonds. The van der Waals surface area contributed by atoms with Crippen molar-refractivity contribution in [3.63, 3.8) is 0 Å². The third-order valence-corrected chi connectivity index (χ3v) is 3.05. The number of anilines is 1. The van der Waals surface area contributed by atoms with Crippen LogP contribution in [0.25, 0.3) is 0 Å². The zero-order chi connectivity index (χ0) is 12.8. The molecule has 4 heteroatoms. The lowest BCUT2D eigenvalue weighted by Gasteiger charge is -2.09. The van der Waals surface area contributed by atoms with Crippen LogP contribution >= 0.6 is 0 Å². The van der Waals surface area contributed by atoms with Crippen molar-refractivity contribution in [1.29, 1.82) is 0 Å². The monoisotopic (exact) mass is 247 g/mol. The second-order valence-electron chi connectivity index (χ2n) is 4.46. The van der Waals surface area contributed by atoms with Gasteiger partial charge in [0.1, 0.15) is 6.29 Å². The van der Waals surface area contributed by atoms with E-state index in [2.05, 4.69) is 5.32 Å². The Bertz CT molecular complexity index is 408. The van der Waals surface area contributed by atoms with Crippen molar-refractivity contribution in [2.45, 2.75) is 31.8 Å². The normalized spacial score (nSPS) is 18.6. The molecule has 18 heavy (non-hydrogen) atoms. The summed E-state index contributed by atoms with van der Waals surface area (Å²) < 4.78 is 5.46. The molecule has 1 fully saturated rings. The van der Waals surface area contributed by atoms with Crippen molar-refractivity contribution in [2.75, 3.05) is 11.9 Å². The van der Waals surface area contributed by atoms with Gasteiger partial charge in [0.05, 0.1) is 6.10 Å². The van der Waals surface area contributed by atoms with Crippen LogP contribution in [-0.2, 0) is 9.53 Å². The van der Waals surface area contributed by atoms with Crippen molar-refractivity contribution in [3.8, 4) is 0 Å². The largest absolute Gasteiger partial charge is 0.378 e. The summed E-state index contributed by atoms with van der Waals surface area (Å²) >= 11 is 0. The van der Waals surface area contributed by atoms with Crippen LogP contribution in [0.3, 0.4) is 0 Å². The van der Waals surface area contributed by atoms with Gasteiger partial charge in [-0.2, -0.15) is 0 Å². The first-order valence-corrected chi connectivity index (χ1v) is 6.24. The highest BCUT2D eigenvalue weighted by atomic mass is 16.5. The Hall–Kier alpha value is -1.68. The van der Waals surface area contributed by atoms with Gasteiger partial charge in [0.2, 0.25) is 5.91 Å². The van der Waals surface area contributed by atoms with E-state index in [0.717, 1.165) is 37.8 Å². The predicted octanol–water partition coefficient (Wildman–Crippen LogP) is 2.40. The fourth-order valence-corrected chi connectivity index (χ4v) is 2.03. The van der Waals surface area contributed by atoms with Gasteiger partial charge in [-0.3, -0.25) is 9.59 Å². The standard InChI is InChI=1S/C14H17NO3/c16-10-11-3-5-12(6-4-11)15-14(17)8-7-13-2-1-9-18-13/h3-6,10,13H,1-2,7-9H2,(H,15,17). The molecule has 1 heterocycles. The molecule has 1 aliphatic rings. The molecule has 0 spiro atoms. The topological polar surface area (TPSA) is 55.4 Å². The third kappa shape index (κ3) is 3.67. The van der Waals surface area contributed by atoms with Crippen LogP contribution in [0.1, 0.15) is 36.0 Å². The summed E-state index contributed by atoms with van der Waals surface area (Å²) in [6, 6.07) is 6.83. The minimum atomic E-state index is -0.00986. The molecular formula is C14H17NO3. The summed E-state index contributed by atoms with van der Waals surface area (Å²) in [5.74, 6) is -0.00986. The first kappa shape index (κ1) is 12.8. The fraction of sp³-hybridized carbons (Fsp3) is 0.429. The molecule has 1 aromatic carbocycles. The van der Waals surface area contributed by atoms with Crippen LogP contribution in [0.4, 0.5) is 5.69 Å². The molecule has 1 aliphatic heterocycles. The quantitative estimate of drug-likeness (QED) is 0.813. The van der Waals surface area contributed by atoms with Crippen LogP contribution in [0.2, 0.25) is 0 Å². The highest BCUT2D eigenvalue weighted by Crippen LogP contribution is 2.17. The molecule has 0 radical (unpaired) electrons. The molecule has 1 aromatic rings. The lowest BCUT2D eigenvalue weighted by molar-refractivity contribution is -0.116. The van der Waals surface area contributed by atoms with Gasteiger partial charge in [-0.1, -0.05) is 0 Å². The SMILES string of the molecule is O=Cc1ccc(NC(=O)CCC2CCCO2)cc1. The Morgan fingerprint density at radius 3 is 2.78 bits per heavy atom. The number of nitrogens with one attached hydrogen (secondary N) is 1. The van der Waals surface area contributed by atoms with E-state index in [1.54, 1.807) is 24.3 Å². The average Bonchev–Trinajstić information content (AvgIpc) is 2.90. The summed E-state index contributed by atoms with van der Waals surface area (Å²) in [7, 11) is 0. The lowest BCUT2D eigenvalue weighted by atomic mass is 10.1. The van der Waals surface area contributed by atoms with Gasteiger partial charge in [-0.05, 0) is 43.5 Å². The number of aldehydes is 1. The van der Waals surface area contributed by atoms with Gasteiger partial charge in [-0.25, -0.2) is 0 Å². The highest BCUT2D eigenvalue weighted by Gasteiger charge is 2.16. The number of rotatable bonds is 5. The van der Waals surface area contributed by atoms with E-state index in [1.807, 2.05) is 0 Å². The Kier molecular flexibility index (Phi) is 4.47. The molecule has 0 aliphatic carbocycles. The number of hydrogen-bond acceptors (Lipinski definition) is 3. The number of amides is 1. The minimum Gasteiger partial charge on any atom is -0.378 e. The molecule has 0 aromatic heterocycles. The number of carbonyl (C=O) groups excluding carboxylic acids is 2. The van der Waals surface area contributed by atoms with Crippen molar-refractivity contribution in [3.05, 3.63) is 29.8 Å². The van der Waals surface area contributed by atoms with Crippen molar-refractivity contribution in [1.82, 2.24) is 0 Å². The zero-order valence-corrected chi connectivity index (χ0v) is 10.2. The molecule has 0 bridgehead atoms. The maximum absolute atomic E-state index is 11.7. The van der Waals surface area contributed by atoms with E-state index in [1.165, 1.54) is 0 Å². The Morgan fingerprint density at radius 2 is 2.17 bits per heavy atom. The molecule has 1 N–H and O–H groups in total. The number of hydrogen-bond donors (Lipinski definition) is 1. The van der Waals surface area contributed by atoms with Crippen LogP contribution in [-0.4, -0.2) is 24.9 Å². The van der Waals surface area contributed by atoms with Gasteiger partial charge >= 0.3 is 0 Å². The first-order chi connectivity index (χ1) is 8.78. The summed E-state index contributed by atoms with van der Waals surface area (Å²) in [5, 5.41) is 2.81. The Balaban J connectivity index is 1.77. The second-order valence-corrected chi connectivity index (χ2v) is 4.46. The van der Waals surface area contributed by atoms with Gasteiger partial charge in [0, 0.05) is 24.3 Å². The molecule has 4 nitrogen and oxygen atoms in total. The van der Waals surface area contributed by atoms with E-state index in [9.17, 15) is 9.59 Å². The fourth-order valence-electron chi connectivity index (χ4n) is 2.03. The van der Waals surface area contributed by atoms with E-state index in [0.29, 0.717) is 12.0 Å². The predicted molar refractivity (Wildman–Crippen MR) is 68.7 cm³/mol. The van der Waals surface area contributed by atoms with E-state index >= 15 is 0 Å². The molecule has 2 rings (SSSR count). The second kappa shape index (κ2) is 6.31.